The maximum atomic E-state index is 13.3. The van der Waals surface area contributed by atoms with Crippen LogP contribution in [0.15, 0.2) is 101 Å². The monoisotopic (exact) mass is 497 g/mol. The lowest BCUT2D eigenvalue weighted by Crippen LogP contribution is -2.32. The first-order chi connectivity index (χ1) is 17.4. The van der Waals surface area contributed by atoms with Crippen molar-refractivity contribution in [2.75, 3.05) is 10.8 Å². The maximum Gasteiger partial charge on any atom is 0.363 e. The van der Waals surface area contributed by atoms with Crippen LogP contribution in [0.1, 0.15) is 23.1 Å². The second-order valence-corrected chi connectivity index (χ2v) is 9.81. The molecular weight excluding hydrogens is 474 g/mol. The Bertz CT molecular complexity index is 1500. The molecular formula is C28H23N3O4S. The van der Waals surface area contributed by atoms with Crippen molar-refractivity contribution in [1.82, 2.24) is 0 Å². The van der Waals surface area contributed by atoms with Gasteiger partial charge in [0.1, 0.15) is 0 Å². The molecule has 4 rings (SSSR count). The maximum absolute atomic E-state index is 13.3. The number of aryl methyl sites for hydroxylation is 1. The van der Waals surface area contributed by atoms with Gasteiger partial charge in [-0.3, -0.25) is 4.31 Å². The van der Waals surface area contributed by atoms with Gasteiger partial charge in [0.25, 0.3) is 10.0 Å². The number of hydrogen-bond acceptors (Lipinski definition) is 6. The first-order valence-corrected chi connectivity index (χ1v) is 12.6. The molecule has 1 aliphatic rings. The molecule has 0 amide bonds. The summed E-state index contributed by atoms with van der Waals surface area (Å²) in [6.07, 6.45) is 5.08. The van der Waals surface area contributed by atoms with E-state index in [0.717, 1.165) is 11.1 Å². The van der Waals surface area contributed by atoms with Gasteiger partial charge in [-0.25, -0.2) is 18.2 Å². The van der Waals surface area contributed by atoms with Gasteiger partial charge >= 0.3 is 5.97 Å². The number of nitrogens with zero attached hydrogens (tertiary/aromatic N) is 3. The number of aliphatic imine (C=N–C) groups is 1. The van der Waals surface area contributed by atoms with Crippen LogP contribution in [-0.2, 0) is 19.6 Å². The quantitative estimate of drug-likeness (QED) is 0.318. The standard InChI is InChI=1S/C28H23N3O4S/c1-21-19-24(31(18-8-17-29)36(33,34)25-11-6-3-7-12-25)15-14-23(21)20-26-28(32)35-27(30-26)16-13-22-9-4-2-5-10-22/h2-7,9-16,19-20H,8,18H2,1H3/b16-13+,26-20+. The highest BCUT2D eigenvalue weighted by Crippen LogP contribution is 2.28. The van der Waals surface area contributed by atoms with Crippen molar-refractivity contribution in [2.24, 2.45) is 4.99 Å². The summed E-state index contributed by atoms with van der Waals surface area (Å²) in [6, 6.07) is 24.8. The molecule has 8 heteroatoms. The number of esters is 1. The predicted octanol–water partition coefficient (Wildman–Crippen LogP) is 5.11. The Balaban J connectivity index is 1.61. The highest BCUT2D eigenvalue weighted by atomic mass is 32.2. The van der Waals surface area contributed by atoms with Gasteiger partial charge in [0, 0.05) is 12.6 Å². The number of rotatable bonds is 8. The van der Waals surface area contributed by atoms with Crippen LogP contribution in [0.4, 0.5) is 5.69 Å². The van der Waals surface area contributed by atoms with Crippen LogP contribution in [0.5, 0.6) is 0 Å². The van der Waals surface area contributed by atoms with Crippen molar-refractivity contribution in [3.8, 4) is 6.07 Å². The van der Waals surface area contributed by atoms with Crippen LogP contribution < -0.4 is 4.31 Å². The molecule has 0 bridgehead atoms. The fourth-order valence-electron chi connectivity index (χ4n) is 3.61. The van der Waals surface area contributed by atoms with E-state index in [1.54, 1.807) is 54.6 Å². The molecule has 0 aliphatic carbocycles. The average molecular weight is 498 g/mol. The molecule has 0 saturated heterocycles. The Morgan fingerprint density at radius 3 is 2.36 bits per heavy atom. The van der Waals surface area contributed by atoms with Gasteiger partial charge in [0.05, 0.1) is 23.1 Å². The summed E-state index contributed by atoms with van der Waals surface area (Å²) in [5.74, 6) is -0.366. The fraction of sp³-hybridized carbons (Fsp3) is 0.107. The van der Waals surface area contributed by atoms with Gasteiger partial charge in [-0.05, 0) is 60.0 Å². The number of ether oxygens (including phenoxy) is 1. The third kappa shape index (κ3) is 5.59. The molecule has 0 atom stereocenters. The Morgan fingerprint density at radius 1 is 1.00 bits per heavy atom. The molecule has 180 valence electrons. The summed E-state index contributed by atoms with van der Waals surface area (Å²) in [7, 11) is -3.86. The van der Waals surface area contributed by atoms with Crippen LogP contribution in [-0.4, -0.2) is 26.8 Å². The molecule has 0 spiro atoms. The first kappa shape index (κ1) is 24.6. The van der Waals surface area contributed by atoms with Gasteiger partial charge < -0.3 is 4.74 Å². The third-order valence-corrected chi connectivity index (χ3v) is 7.29. The second kappa shape index (κ2) is 10.8. The minimum absolute atomic E-state index is 0.0152. The van der Waals surface area contributed by atoms with Crippen molar-refractivity contribution in [3.63, 3.8) is 0 Å². The highest BCUT2D eigenvalue weighted by molar-refractivity contribution is 7.92. The zero-order chi connectivity index (χ0) is 25.5. The molecule has 0 radical (unpaired) electrons. The third-order valence-electron chi connectivity index (χ3n) is 5.45. The largest absolute Gasteiger partial charge is 0.403 e. The van der Waals surface area contributed by atoms with Gasteiger partial charge in [0.2, 0.25) is 5.90 Å². The molecule has 1 aliphatic heterocycles. The fourth-order valence-corrected chi connectivity index (χ4v) is 5.09. The van der Waals surface area contributed by atoms with Crippen LogP contribution >= 0.6 is 0 Å². The number of carbonyl (C=O) groups is 1. The lowest BCUT2D eigenvalue weighted by molar-refractivity contribution is -0.129. The molecule has 3 aromatic rings. The van der Waals surface area contributed by atoms with Crippen molar-refractivity contribution in [3.05, 3.63) is 107 Å². The average Bonchev–Trinajstić information content (AvgIpc) is 3.24. The number of cyclic esters (lactones) is 1. The summed E-state index contributed by atoms with van der Waals surface area (Å²) in [6.45, 7) is 1.83. The van der Waals surface area contributed by atoms with E-state index in [-0.39, 0.29) is 29.5 Å². The van der Waals surface area contributed by atoms with Gasteiger partial charge in [-0.15, -0.1) is 0 Å². The van der Waals surface area contributed by atoms with E-state index >= 15 is 0 Å². The summed E-state index contributed by atoms with van der Waals surface area (Å²) in [5, 5.41) is 9.07. The number of anilines is 1. The van der Waals surface area contributed by atoms with E-state index in [1.165, 1.54) is 16.4 Å². The van der Waals surface area contributed by atoms with E-state index in [9.17, 15) is 13.2 Å². The molecule has 0 unspecified atom stereocenters. The number of benzene rings is 3. The van der Waals surface area contributed by atoms with Crippen molar-refractivity contribution in [2.45, 2.75) is 18.2 Å². The van der Waals surface area contributed by atoms with Crippen LogP contribution in [0.25, 0.3) is 12.2 Å². The molecule has 0 aromatic heterocycles. The van der Waals surface area contributed by atoms with E-state index in [4.69, 9.17) is 10.00 Å². The van der Waals surface area contributed by atoms with Crippen LogP contribution in [0.3, 0.4) is 0 Å². The lowest BCUT2D eigenvalue weighted by atomic mass is 10.1. The minimum atomic E-state index is -3.86. The molecule has 0 fully saturated rings. The van der Waals surface area contributed by atoms with Crippen LogP contribution in [0.2, 0.25) is 0 Å². The van der Waals surface area contributed by atoms with E-state index in [0.29, 0.717) is 11.3 Å². The van der Waals surface area contributed by atoms with Gasteiger partial charge in [-0.1, -0.05) is 54.6 Å². The summed E-state index contributed by atoms with van der Waals surface area (Å²) in [5.41, 5.74) is 2.96. The smallest absolute Gasteiger partial charge is 0.363 e. The lowest BCUT2D eigenvalue weighted by Gasteiger charge is -2.24. The zero-order valence-electron chi connectivity index (χ0n) is 19.5. The minimum Gasteiger partial charge on any atom is -0.403 e. The van der Waals surface area contributed by atoms with Gasteiger partial charge in [0.15, 0.2) is 5.70 Å². The first-order valence-electron chi connectivity index (χ1n) is 11.2. The number of nitriles is 1. The molecule has 36 heavy (non-hydrogen) atoms. The highest BCUT2D eigenvalue weighted by Gasteiger charge is 2.25. The second-order valence-electron chi connectivity index (χ2n) is 7.95. The van der Waals surface area contributed by atoms with E-state index in [2.05, 4.69) is 4.99 Å². The number of sulfonamides is 1. The van der Waals surface area contributed by atoms with Crippen molar-refractivity contribution in [1.29, 1.82) is 5.26 Å². The summed E-state index contributed by atoms with van der Waals surface area (Å²) >= 11 is 0. The zero-order valence-corrected chi connectivity index (χ0v) is 20.4. The molecule has 7 nitrogen and oxygen atoms in total. The Morgan fingerprint density at radius 2 is 1.69 bits per heavy atom. The Kier molecular flexibility index (Phi) is 7.42. The van der Waals surface area contributed by atoms with E-state index < -0.39 is 16.0 Å². The van der Waals surface area contributed by atoms with Crippen molar-refractivity contribution < 1.29 is 17.9 Å². The SMILES string of the molecule is Cc1cc(N(CCC#N)S(=O)(=O)c2ccccc2)ccc1/C=C1N=C(/C=C/c2ccccc2)OC/1=O. The summed E-state index contributed by atoms with van der Waals surface area (Å²) < 4.78 is 33.0. The predicted molar refractivity (Wildman–Crippen MR) is 139 cm³/mol. The molecule has 0 N–H and O–H groups in total. The Hall–Kier alpha value is -4.48. The Labute approximate surface area is 210 Å². The summed E-state index contributed by atoms with van der Waals surface area (Å²) in [4.78, 5) is 16.8. The molecule has 3 aromatic carbocycles. The van der Waals surface area contributed by atoms with E-state index in [1.807, 2.05) is 43.3 Å². The molecule has 1 heterocycles. The van der Waals surface area contributed by atoms with Crippen LogP contribution in [0, 0.1) is 18.3 Å². The number of hydrogen-bond donors (Lipinski definition) is 0. The van der Waals surface area contributed by atoms with Gasteiger partial charge in [-0.2, -0.15) is 5.26 Å². The molecule has 0 saturated carbocycles. The number of carbonyl (C=O) groups excluding carboxylic acids is 1. The topological polar surface area (TPSA) is 99.8 Å². The normalized spacial score (nSPS) is 14.5. The van der Waals surface area contributed by atoms with Crippen molar-refractivity contribution >= 4 is 39.7 Å².